The molecule has 44 heavy (non-hydrogen) atoms. The highest BCUT2D eigenvalue weighted by Crippen LogP contribution is 2.46. The van der Waals surface area contributed by atoms with Crippen LogP contribution >= 0.6 is 0 Å². The van der Waals surface area contributed by atoms with Crippen molar-refractivity contribution in [2.45, 2.75) is 50.6 Å². The summed E-state index contributed by atoms with van der Waals surface area (Å²) in [5, 5.41) is 2.94. The molecule has 1 aliphatic carbocycles. The van der Waals surface area contributed by atoms with Gasteiger partial charge in [0.15, 0.2) is 11.6 Å². The van der Waals surface area contributed by atoms with Crippen LogP contribution in [0.15, 0.2) is 82.1 Å². The maximum absolute atomic E-state index is 14.9. The average molecular weight is 637 g/mol. The third-order valence-corrected chi connectivity index (χ3v) is 9.98. The van der Waals surface area contributed by atoms with Crippen LogP contribution in [0.2, 0.25) is 0 Å². The number of sulfonamides is 2. The summed E-state index contributed by atoms with van der Waals surface area (Å²) in [5.41, 5.74) is 0.621. The number of nitrogens with one attached hydrogen (secondary N) is 2. The monoisotopic (exact) mass is 636 g/mol. The van der Waals surface area contributed by atoms with Crippen LogP contribution in [-0.4, -0.2) is 52.4 Å². The molecule has 2 atom stereocenters. The lowest BCUT2D eigenvalue weighted by Crippen LogP contribution is -2.59. The highest BCUT2D eigenvalue weighted by Gasteiger charge is 2.56. The van der Waals surface area contributed by atoms with Gasteiger partial charge in [-0.3, -0.25) is 19.2 Å². The van der Waals surface area contributed by atoms with Gasteiger partial charge in [0.05, 0.1) is 11.9 Å². The van der Waals surface area contributed by atoms with Crippen molar-refractivity contribution in [3.63, 3.8) is 0 Å². The fraction of sp³-hybridized carbons (Fsp3) is 0.344. The minimum absolute atomic E-state index is 0.0396. The van der Waals surface area contributed by atoms with Crippen LogP contribution in [0.4, 0.5) is 11.4 Å². The van der Waals surface area contributed by atoms with Crippen LogP contribution in [-0.2, 0) is 36.9 Å². The quantitative estimate of drug-likeness (QED) is 0.336. The number of hydrogen-bond donors (Lipinski definition) is 2. The molecule has 0 bridgehead atoms. The van der Waals surface area contributed by atoms with Crippen LogP contribution in [0.1, 0.15) is 55.1 Å². The Bertz CT molecular complexity index is 1880. The Hall–Kier alpha value is -3.87. The fourth-order valence-corrected chi connectivity index (χ4v) is 7.66. The number of fused-ring (bicyclic) bond motifs is 2. The second-order valence-corrected chi connectivity index (χ2v) is 16.0. The molecular formula is C32H36N4O6S2. The first-order chi connectivity index (χ1) is 20.5. The largest absolute Gasteiger partial charge is 0.341 e. The van der Waals surface area contributed by atoms with Crippen molar-refractivity contribution in [2.75, 3.05) is 23.3 Å². The highest BCUT2D eigenvalue weighted by atomic mass is 32.2. The summed E-state index contributed by atoms with van der Waals surface area (Å²) in [6, 6.07) is 20.7. The molecule has 1 aliphatic heterocycles. The maximum atomic E-state index is 14.9. The van der Waals surface area contributed by atoms with Crippen molar-refractivity contribution in [1.82, 2.24) is 4.90 Å². The van der Waals surface area contributed by atoms with Gasteiger partial charge < -0.3 is 5.32 Å². The predicted octanol–water partition coefficient (Wildman–Crippen LogP) is 4.81. The zero-order valence-electron chi connectivity index (χ0n) is 25.3. The van der Waals surface area contributed by atoms with Crippen molar-refractivity contribution in [2.24, 2.45) is 15.7 Å². The van der Waals surface area contributed by atoms with E-state index in [2.05, 4.69) is 35.2 Å². The molecule has 0 radical (unpaired) electrons. The van der Waals surface area contributed by atoms with Gasteiger partial charge in [0.1, 0.15) is 22.2 Å². The lowest BCUT2D eigenvalue weighted by molar-refractivity contribution is -0.134. The minimum atomic E-state index is -4.41. The van der Waals surface area contributed by atoms with Crippen LogP contribution in [0.5, 0.6) is 0 Å². The van der Waals surface area contributed by atoms with E-state index in [0.29, 0.717) is 30.5 Å². The average Bonchev–Trinajstić information content (AvgIpc) is 2.92. The number of carbonyl (C=O) groups is 2. The number of ketones is 2. The topological polar surface area (TPSA) is 142 Å². The molecule has 2 aliphatic rings. The number of anilines is 2. The van der Waals surface area contributed by atoms with E-state index in [1.807, 2.05) is 48.3 Å². The first-order valence-corrected chi connectivity index (χ1v) is 17.5. The number of Topliss-reactive ketones (excluding diaryl/α,β-unsaturated/α-hetero) is 2. The molecule has 0 aromatic heterocycles. The Kier molecular flexibility index (Phi) is 8.06. The lowest BCUT2D eigenvalue weighted by atomic mass is 9.65. The van der Waals surface area contributed by atoms with E-state index in [9.17, 15) is 26.4 Å². The second kappa shape index (κ2) is 11.2. The molecule has 1 heterocycles. The Morgan fingerprint density at radius 2 is 1.66 bits per heavy atom. The van der Waals surface area contributed by atoms with Crippen LogP contribution in [0.25, 0.3) is 0 Å². The maximum Gasteiger partial charge on any atom is 0.286 e. The molecule has 0 fully saturated rings. The number of likely N-dealkylation sites (N-methyl/N-ethyl adjacent to an activating group) is 1. The Balaban J connectivity index is 1.65. The Morgan fingerprint density at radius 1 is 1.00 bits per heavy atom. The number of amidine groups is 1. The number of carbonyl (C=O) groups excluding carboxylic acids is 2. The van der Waals surface area contributed by atoms with Crippen molar-refractivity contribution in [3.8, 4) is 0 Å². The third kappa shape index (κ3) is 6.06. The van der Waals surface area contributed by atoms with Gasteiger partial charge in [0.25, 0.3) is 10.0 Å². The molecule has 2 N–H and O–H groups in total. The number of rotatable bonds is 8. The van der Waals surface area contributed by atoms with Crippen LogP contribution in [0, 0.1) is 11.3 Å². The van der Waals surface area contributed by atoms with E-state index < -0.39 is 43.1 Å². The van der Waals surface area contributed by atoms with Crippen LogP contribution < -0.4 is 10.0 Å². The summed E-state index contributed by atoms with van der Waals surface area (Å²) >= 11 is 0. The normalized spacial score (nSPS) is 21.2. The van der Waals surface area contributed by atoms with E-state index in [-0.39, 0.29) is 27.5 Å². The zero-order valence-corrected chi connectivity index (χ0v) is 26.9. The first-order valence-electron chi connectivity index (χ1n) is 14.2. The number of benzene rings is 3. The second-order valence-electron chi connectivity index (χ2n) is 12.6. The molecule has 3 aromatic carbocycles. The molecule has 0 spiro atoms. The van der Waals surface area contributed by atoms with Crippen LogP contribution in [0.3, 0.4) is 0 Å². The highest BCUT2D eigenvalue weighted by molar-refractivity contribution is 7.92. The fourth-order valence-electron chi connectivity index (χ4n) is 5.92. The van der Waals surface area contributed by atoms with Gasteiger partial charge in [0.2, 0.25) is 10.0 Å². The summed E-state index contributed by atoms with van der Waals surface area (Å²) in [6.07, 6.45) is 1.98. The minimum Gasteiger partial charge on any atom is -0.341 e. The zero-order chi connectivity index (χ0) is 32.1. The van der Waals surface area contributed by atoms with Gasteiger partial charge >= 0.3 is 0 Å². The SMILES string of the molecule is CN(Cc1ccccc1)C1(CCC(C)(C)C)C(=O)C(C2=NS(=O)(=O)c3cc(NS(C)(=O)=O)ccc3N2)C(=O)c2ccccc21. The van der Waals surface area contributed by atoms with Gasteiger partial charge in [-0.2, -0.15) is 8.42 Å². The van der Waals surface area contributed by atoms with E-state index >= 15 is 0 Å². The molecule has 0 saturated carbocycles. The van der Waals surface area contributed by atoms with E-state index in [1.165, 1.54) is 12.1 Å². The molecule has 232 valence electrons. The standard InChI is InChI=1S/C32H36N4O6S2/c1-31(2,3)17-18-32(36(4)20-21-11-7-6-8-12-21)24-14-10-9-13-23(24)28(37)27(29(32)38)30-33-25-16-15-22(34-43(5,39)40)19-26(25)44(41,42)35-30/h6-16,19,27,34H,17-18,20H2,1-5H3,(H,33,35). The number of hydrogen-bond acceptors (Lipinski definition) is 8. The molecule has 5 rings (SSSR count). The molecule has 2 unspecified atom stereocenters. The van der Waals surface area contributed by atoms with E-state index in [4.69, 9.17) is 0 Å². The Morgan fingerprint density at radius 3 is 2.32 bits per heavy atom. The predicted molar refractivity (Wildman–Crippen MR) is 171 cm³/mol. The first kappa shape index (κ1) is 31.6. The van der Waals surface area contributed by atoms with Crippen molar-refractivity contribution < 1.29 is 26.4 Å². The lowest BCUT2D eigenvalue weighted by Gasteiger charge is -2.47. The Labute approximate surface area is 258 Å². The van der Waals surface area contributed by atoms with Crippen molar-refractivity contribution in [1.29, 1.82) is 0 Å². The third-order valence-electron chi connectivity index (χ3n) is 8.04. The molecule has 10 nitrogen and oxygen atoms in total. The smallest absolute Gasteiger partial charge is 0.286 e. The summed E-state index contributed by atoms with van der Waals surface area (Å²) in [6.45, 7) is 6.66. The van der Waals surface area contributed by atoms with Gasteiger partial charge in [-0.1, -0.05) is 75.4 Å². The van der Waals surface area contributed by atoms with Gasteiger partial charge in [-0.05, 0) is 54.6 Å². The molecule has 12 heteroatoms. The van der Waals surface area contributed by atoms with Crippen molar-refractivity contribution in [3.05, 3.63) is 89.5 Å². The molecule has 0 saturated heterocycles. The number of nitrogens with zero attached hydrogens (tertiary/aromatic N) is 2. The summed E-state index contributed by atoms with van der Waals surface area (Å²) in [5.74, 6) is -2.78. The van der Waals surface area contributed by atoms with E-state index in [1.54, 1.807) is 18.2 Å². The molecule has 0 amide bonds. The van der Waals surface area contributed by atoms with Gasteiger partial charge in [0, 0.05) is 17.8 Å². The van der Waals surface area contributed by atoms with Gasteiger partial charge in [-0.25, -0.2) is 8.42 Å². The van der Waals surface area contributed by atoms with Gasteiger partial charge in [-0.15, -0.1) is 4.40 Å². The van der Waals surface area contributed by atoms with Crippen molar-refractivity contribution >= 4 is 48.8 Å². The molecular weight excluding hydrogens is 601 g/mol. The summed E-state index contributed by atoms with van der Waals surface area (Å²) in [4.78, 5) is 30.7. The summed E-state index contributed by atoms with van der Waals surface area (Å²) < 4.78 is 56.6. The molecule has 3 aromatic rings. The summed E-state index contributed by atoms with van der Waals surface area (Å²) in [7, 11) is -6.22. The van der Waals surface area contributed by atoms with E-state index in [0.717, 1.165) is 17.9 Å².